The van der Waals surface area contributed by atoms with E-state index >= 15 is 0 Å². The summed E-state index contributed by atoms with van der Waals surface area (Å²) in [4.78, 5) is 0. The molecule has 0 amide bonds. The van der Waals surface area contributed by atoms with Crippen LogP contribution in [0.2, 0.25) is 0 Å². The van der Waals surface area contributed by atoms with Crippen molar-refractivity contribution in [1.82, 2.24) is 0 Å². The van der Waals surface area contributed by atoms with E-state index < -0.39 is 10.1 Å². The van der Waals surface area contributed by atoms with Crippen LogP contribution < -0.4 is 0 Å². The van der Waals surface area contributed by atoms with E-state index in [1.165, 1.54) is 0 Å². The molecule has 1 radical (unpaired) electrons. The van der Waals surface area contributed by atoms with E-state index in [1.54, 1.807) is 0 Å². The molecule has 1 N–H and O–H groups in total. The first-order chi connectivity index (χ1) is 2.00. The molecule has 0 unspecified atom stereocenters. The maximum Gasteiger partial charge on any atom is 0.261 e. The Balaban J connectivity index is 0. The fraction of sp³-hybridized carbons (Fsp3) is 1.00. The van der Waals surface area contributed by atoms with Gasteiger partial charge >= 0.3 is 0 Å². The third-order valence-corrected chi connectivity index (χ3v) is 0. The number of rotatable bonds is 0. The van der Waals surface area contributed by atoms with Crippen LogP contribution in [0.1, 0.15) is 0 Å². The first-order valence-electron chi connectivity index (χ1n) is 0.924. The van der Waals surface area contributed by atoms with Crippen LogP contribution in [0.25, 0.3) is 0 Å². The van der Waals surface area contributed by atoms with Crippen molar-refractivity contribution in [3.8, 4) is 0 Å². The maximum atomic E-state index is 9.19. The Kier molecular flexibility index (Phi) is 4.26. The normalized spacial score (nSPS) is 9.67. The van der Waals surface area contributed by atoms with Crippen LogP contribution in [0.3, 0.4) is 0 Å². The van der Waals surface area contributed by atoms with Gasteiger partial charge in [-0.3, -0.25) is 4.55 Å². The third-order valence-electron chi connectivity index (χ3n) is 0. The second-order valence-corrected chi connectivity index (χ2v) is 2.20. The molecule has 0 aliphatic carbocycles. The van der Waals surface area contributed by atoms with Crippen LogP contribution in [0.15, 0.2) is 0 Å². The van der Waals surface area contributed by atoms with Gasteiger partial charge in [0.15, 0.2) is 0 Å². The number of hydrogen-bond acceptors (Lipinski definition) is 2. The number of hydrogen-bond donors (Lipinski definition) is 1. The molecule has 0 bridgehead atoms. The molecule has 0 fully saturated rings. The molecule has 0 saturated carbocycles. The Morgan fingerprint density at radius 3 is 1.50 bits per heavy atom. The van der Waals surface area contributed by atoms with Gasteiger partial charge in [-0.25, -0.2) is 0 Å². The zero-order valence-electron chi connectivity index (χ0n) is 3.12. The predicted octanol–water partition coefficient (Wildman–Crippen LogP) is -0.498. The first kappa shape index (κ1) is 9.71. The van der Waals surface area contributed by atoms with Gasteiger partial charge in [0.2, 0.25) is 0 Å². The smallest absolute Gasteiger partial charge is 0.261 e. The Bertz CT molecular complexity index is 94.0. The summed E-state index contributed by atoms with van der Waals surface area (Å²) < 4.78 is 25.9. The van der Waals surface area contributed by atoms with Gasteiger partial charge in [-0.2, -0.15) is 8.42 Å². The van der Waals surface area contributed by atoms with Crippen molar-refractivity contribution < 1.29 is 31.5 Å². The van der Waals surface area contributed by atoms with Crippen LogP contribution >= 0.6 is 0 Å². The SMILES string of the molecule is CS(=O)(=O)O.[V]. The summed E-state index contributed by atoms with van der Waals surface area (Å²) in [5.74, 6) is 0. The van der Waals surface area contributed by atoms with Crippen LogP contribution in [-0.2, 0) is 28.7 Å². The van der Waals surface area contributed by atoms with Gasteiger partial charge in [0.25, 0.3) is 10.1 Å². The fourth-order valence-electron chi connectivity index (χ4n) is 0. The second kappa shape index (κ2) is 2.63. The summed E-state index contributed by atoms with van der Waals surface area (Å²) in [7, 11) is -3.67. The molecule has 0 aromatic rings. The van der Waals surface area contributed by atoms with Crippen LogP contribution in [0.4, 0.5) is 0 Å². The van der Waals surface area contributed by atoms with E-state index in [9.17, 15) is 8.42 Å². The van der Waals surface area contributed by atoms with Crippen LogP contribution in [0.5, 0.6) is 0 Å². The zero-order valence-corrected chi connectivity index (χ0v) is 5.33. The van der Waals surface area contributed by atoms with E-state index in [2.05, 4.69) is 0 Å². The van der Waals surface area contributed by atoms with E-state index in [0.717, 1.165) is 0 Å². The summed E-state index contributed by atoms with van der Waals surface area (Å²) in [5, 5.41) is 0. The molecule has 37 valence electrons. The Morgan fingerprint density at radius 2 is 1.50 bits per heavy atom. The predicted molar refractivity (Wildman–Crippen MR) is 17.5 cm³/mol. The zero-order chi connectivity index (χ0) is 4.50. The molecule has 6 heavy (non-hydrogen) atoms. The summed E-state index contributed by atoms with van der Waals surface area (Å²) >= 11 is 0. The molecule has 0 aliphatic heterocycles. The average Bonchev–Trinajstić information content (AvgIpc) is 0.722. The summed E-state index contributed by atoms with van der Waals surface area (Å²) in [6.07, 6.45) is 0.715. The molecule has 5 heteroatoms. The third kappa shape index (κ3) is 225. The molecule has 0 aromatic heterocycles. The summed E-state index contributed by atoms with van der Waals surface area (Å²) in [6.45, 7) is 0. The second-order valence-electron chi connectivity index (χ2n) is 0.733. The fourth-order valence-corrected chi connectivity index (χ4v) is 0. The molecular weight excluding hydrogens is 143 g/mol. The van der Waals surface area contributed by atoms with Crippen molar-refractivity contribution in [3.05, 3.63) is 0 Å². The minimum absolute atomic E-state index is 0. The molecule has 0 aliphatic rings. The summed E-state index contributed by atoms with van der Waals surface area (Å²) in [6, 6.07) is 0. The van der Waals surface area contributed by atoms with E-state index in [0.29, 0.717) is 6.26 Å². The Hall–Kier alpha value is 0.494. The van der Waals surface area contributed by atoms with E-state index in [1.807, 2.05) is 0 Å². The van der Waals surface area contributed by atoms with E-state index in [-0.39, 0.29) is 18.6 Å². The van der Waals surface area contributed by atoms with Gasteiger partial charge in [-0.15, -0.1) is 0 Å². The minimum Gasteiger partial charge on any atom is -0.286 e. The minimum atomic E-state index is -3.67. The van der Waals surface area contributed by atoms with Crippen LogP contribution in [-0.4, -0.2) is 19.2 Å². The van der Waals surface area contributed by atoms with Crippen molar-refractivity contribution in [2.75, 3.05) is 6.26 Å². The standard InChI is InChI=1S/CH4O3S.V/c1-5(2,3)4;/h1H3,(H,2,3,4);. The van der Waals surface area contributed by atoms with Crippen molar-refractivity contribution in [1.29, 1.82) is 0 Å². The molecule has 0 spiro atoms. The van der Waals surface area contributed by atoms with Crippen molar-refractivity contribution >= 4 is 10.1 Å². The van der Waals surface area contributed by atoms with Gasteiger partial charge in [-0.05, 0) is 0 Å². The molecule has 0 heterocycles. The van der Waals surface area contributed by atoms with Crippen molar-refractivity contribution in [2.24, 2.45) is 0 Å². The van der Waals surface area contributed by atoms with Crippen molar-refractivity contribution in [2.45, 2.75) is 0 Å². The molecule has 0 aromatic carbocycles. The molecule has 0 rings (SSSR count). The maximum absolute atomic E-state index is 9.19. The van der Waals surface area contributed by atoms with Gasteiger partial charge in [0, 0.05) is 18.6 Å². The van der Waals surface area contributed by atoms with E-state index in [4.69, 9.17) is 4.55 Å². The van der Waals surface area contributed by atoms with Crippen LogP contribution in [0, 0.1) is 0 Å². The van der Waals surface area contributed by atoms with Gasteiger partial charge in [-0.1, -0.05) is 0 Å². The van der Waals surface area contributed by atoms with Gasteiger partial charge < -0.3 is 0 Å². The molecule has 0 atom stereocenters. The quantitative estimate of drug-likeness (QED) is 0.470. The Labute approximate surface area is 48.4 Å². The largest absolute Gasteiger partial charge is 0.286 e. The van der Waals surface area contributed by atoms with Gasteiger partial charge in [0.05, 0.1) is 6.26 Å². The molecular formula is CH4O3SV. The Morgan fingerprint density at radius 1 is 1.50 bits per heavy atom. The molecule has 0 saturated heterocycles. The van der Waals surface area contributed by atoms with Crippen molar-refractivity contribution in [3.63, 3.8) is 0 Å². The topological polar surface area (TPSA) is 54.4 Å². The monoisotopic (exact) mass is 147 g/mol. The average molecular weight is 147 g/mol. The first-order valence-corrected chi connectivity index (χ1v) is 2.77. The summed E-state index contributed by atoms with van der Waals surface area (Å²) in [5.41, 5.74) is 0. The molecule has 3 nitrogen and oxygen atoms in total. The van der Waals surface area contributed by atoms with Gasteiger partial charge in [0.1, 0.15) is 0 Å².